The van der Waals surface area contributed by atoms with E-state index in [4.69, 9.17) is 0 Å². The summed E-state index contributed by atoms with van der Waals surface area (Å²) in [5.74, 6) is 0. The van der Waals surface area contributed by atoms with Crippen LogP contribution >= 0.6 is 45.3 Å². The average Bonchev–Trinajstić information content (AvgIpc) is 4.15. The lowest BCUT2D eigenvalue weighted by molar-refractivity contribution is 1.27. The Morgan fingerprint density at radius 3 is 0.613 bits per heavy atom. The van der Waals surface area contributed by atoms with Gasteiger partial charge in [-0.2, -0.15) is 0 Å². The van der Waals surface area contributed by atoms with Gasteiger partial charge >= 0.3 is 0 Å². The molecule has 0 bridgehead atoms. The van der Waals surface area contributed by atoms with Crippen molar-refractivity contribution in [3.05, 3.63) is 216 Å². The molecule has 0 aliphatic carbocycles. The Balaban J connectivity index is 0.836. The van der Waals surface area contributed by atoms with E-state index in [1.807, 2.05) is 45.3 Å². The van der Waals surface area contributed by atoms with Crippen LogP contribution in [0.25, 0.3) is 50.1 Å². The first-order valence-corrected chi connectivity index (χ1v) is 24.1. The van der Waals surface area contributed by atoms with Gasteiger partial charge in [0.2, 0.25) is 0 Å². The van der Waals surface area contributed by atoms with Crippen molar-refractivity contribution in [2.75, 3.05) is 9.80 Å². The molecule has 10 rings (SSSR count). The van der Waals surface area contributed by atoms with Crippen molar-refractivity contribution in [1.82, 2.24) is 0 Å². The molecule has 0 amide bonds. The smallest absolute Gasteiger partial charge is 0.0462 e. The number of nitrogens with zero attached hydrogens (tertiary/aromatic N) is 2. The van der Waals surface area contributed by atoms with Gasteiger partial charge in [0.15, 0.2) is 0 Å². The van der Waals surface area contributed by atoms with Crippen LogP contribution in [0.5, 0.6) is 0 Å². The summed E-state index contributed by atoms with van der Waals surface area (Å²) in [5.41, 5.74) is 14.4. The van der Waals surface area contributed by atoms with Gasteiger partial charge < -0.3 is 9.80 Å². The first-order chi connectivity index (χ1) is 30.3. The molecule has 0 atom stereocenters. The second-order valence-corrected chi connectivity index (χ2v) is 20.1. The second kappa shape index (κ2) is 17.2. The van der Waals surface area contributed by atoms with Gasteiger partial charge in [0.05, 0.1) is 0 Å². The summed E-state index contributed by atoms with van der Waals surface area (Å²) < 4.78 is 0. The second-order valence-electron chi connectivity index (χ2n) is 15.8. The number of hydrogen-bond acceptors (Lipinski definition) is 6. The summed E-state index contributed by atoms with van der Waals surface area (Å²) in [6.45, 7) is 8.53. The normalized spacial score (nSPS) is 11.2. The third-order valence-electron chi connectivity index (χ3n) is 11.1. The highest BCUT2D eigenvalue weighted by Gasteiger charge is 2.17. The zero-order valence-electron chi connectivity index (χ0n) is 35.0. The summed E-state index contributed by atoms with van der Waals surface area (Å²) in [6.07, 6.45) is 0. The zero-order chi connectivity index (χ0) is 42.2. The largest absolute Gasteiger partial charge is 0.311 e. The van der Waals surface area contributed by atoms with Crippen LogP contribution in [0.15, 0.2) is 194 Å². The molecule has 0 radical (unpaired) electrons. The molecule has 6 heteroatoms. The van der Waals surface area contributed by atoms with E-state index in [0.29, 0.717) is 0 Å². The van der Waals surface area contributed by atoms with E-state index in [9.17, 15) is 0 Å². The predicted octanol–water partition coefficient (Wildman–Crippen LogP) is 18.4. The summed E-state index contributed by atoms with van der Waals surface area (Å²) in [5, 5.41) is 0. The molecule has 6 aromatic carbocycles. The quantitative estimate of drug-likeness (QED) is 0.128. The van der Waals surface area contributed by atoms with E-state index >= 15 is 0 Å². The van der Waals surface area contributed by atoms with E-state index in [2.05, 4.69) is 232 Å². The number of hydrogen-bond donors (Lipinski definition) is 0. The van der Waals surface area contributed by atoms with Crippen LogP contribution in [0.2, 0.25) is 0 Å². The van der Waals surface area contributed by atoms with Crippen molar-refractivity contribution >= 4 is 79.5 Å². The Morgan fingerprint density at radius 2 is 0.387 bits per heavy atom. The number of aryl methyl sites for hydroxylation is 4. The molecule has 4 heterocycles. The molecule has 2 nitrogen and oxygen atoms in total. The first-order valence-electron chi connectivity index (χ1n) is 20.8. The first kappa shape index (κ1) is 39.8. The fourth-order valence-corrected chi connectivity index (χ4v) is 12.0. The number of anilines is 6. The van der Waals surface area contributed by atoms with Crippen LogP contribution in [0.3, 0.4) is 0 Å². The lowest BCUT2D eigenvalue weighted by Crippen LogP contribution is -2.09. The van der Waals surface area contributed by atoms with Gasteiger partial charge in [0.1, 0.15) is 0 Å². The fraction of sp³-hybridized carbons (Fsp3) is 0.0714. The van der Waals surface area contributed by atoms with E-state index in [1.165, 1.54) is 72.4 Å². The van der Waals surface area contributed by atoms with Crippen LogP contribution in [0.4, 0.5) is 34.1 Å². The minimum atomic E-state index is 1.14. The average molecular weight is 873 g/mol. The van der Waals surface area contributed by atoms with Crippen molar-refractivity contribution < 1.29 is 0 Å². The third kappa shape index (κ3) is 8.35. The van der Waals surface area contributed by atoms with Gasteiger partial charge in [-0.1, -0.05) is 95.1 Å². The van der Waals surface area contributed by atoms with Crippen LogP contribution in [-0.2, 0) is 0 Å². The minimum Gasteiger partial charge on any atom is -0.311 e. The standard InChI is InChI=1S/C56H44N2S4/c1-37-5-17-43(18-6-37)57(44-19-7-38(2)8-20-44)47-25-13-41(14-26-47)49-29-31-51(59-49)53-33-35-55(61-53)56-36-34-54(62-56)52-32-30-50(60-52)42-15-27-48(28-16-42)58(45-21-9-39(3)10-22-45)46-23-11-40(4)12-24-46/h5-36H,1-4H3. The summed E-state index contributed by atoms with van der Waals surface area (Å²) >= 11 is 7.47. The summed E-state index contributed by atoms with van der Waals surface area (Å²) in [6, 6.07) is 71.3. The SMILES string of the molecule is Cc1ccc(N(c2ccc(C)cc2)c2ccc(-c3ccc(-c4ccc(-c5ccc(-c6ccc(-c7ccc(N(c8ccc(C)cc8)c8ccc(C)cc8)cc7)s6)s5)s4)s3)cc2)cc1. The van der Waals surface area contributed by atoms with Gasteiger partial charge in [-0.3, -0.25) is 0 Å². The Morgan fingerprint density at radius 1 is 0.210 bits per heavy atom. The molecule has 62 heavy (non-hydrogen) atoms. The topological polar surface area (TPSA) is 6.48 Å². The molecular formula is C56H44N2S4. The molecule has 0 aliphatic heterocycles. The Hall–Kier alpha value is -6.28. The predicted molar refractivity (Wildman–Crippen MR) is 273 cm³/mol. The highest BCUT2D eigenvalue weighted by molar-refractivity contribution is 7.29. The highest BCUT2D eigenvalue weighted by atomic mass is 32.1. The van der Waals surface area contributed by atoms with Crippen LogP contribution < -0.4 is 9.80 Å². The highest BCUT2D eigenvalue weighted by Crippen LogP contribution is 2.46. The number of rotatable bonds is 11. The monoisotopic (exact) mass is 872 g/mol. The van der Waals surface area contributed by atoms with Gasteiger partial charge in [-0.05, 0) is 160 Å². The molecule has 10 aromatic rings. The van der Waals surface area contributed by atoms with Gasteiger partial charge in [0.25, 0.3) is 0 Å². The molecule has 0 saturated carbocycles. The van der Waals surface area contributed by atoms with Crippen molar-refractivity contribution in [3.8, 4) is 50.1 Å². The summed E-state index contributed by atoms with van der Waals surface area (Å²) in [7, 11) is 0. The van der Waals surface area contributed by atoms with Crippen molar-refractivity contribution in [3.63, 3.8) is 0 Å². The zero-order valence-corrected chi connectivity index (χ0v) is 38.3. The molecule has 0 aliphatic rings. The van der Waals surface area contributed by atoms with E-state index < -0.39 is 0 Å². The van der Waals surface area contributed by atoms with Gasteiger partial charge in [0, 0.05) is 73.1 Å². The number of thiophene rings is 4. The fourth-order valence-electron chi connectivity index (χ4n) is 7.68. The Bertz CT molecular complexity index is 2770. The molecular weight excluding hydrogens is 829 g/mol. The Labute approximate surface area is 380 Å². The van der Waals surface area contributed by atoms with Crippen molar-refractivity contribution in [1.29, 1.82) is 0 Å². The molecule has 0 N–H and O–H groups in total. The van der Waals surface area contributed by atoms with E-state index in [0.717, 1.165) is 34.1 Å². The van der Waals surface area contributed by atoms with E-state index in [-0.39, 0.29) is 0 Å². The number of benzene rings is 6. The van der Waals surface area contributed by atoms with Gasteiger partial charge in [-0.15, -0.1) is 45.3 Å². The summed E-state index contributed by atoms with van der Waals surface area (Å²) in [4.78, 5) is 15.0. The maximum absolute atomic E-state index is 2.33. The lowest BCUT2D eigenvalue weighted by atomic mass is 10.1. The molecule has 0 fully saturated rings. The van der Waals surface area contributed by atoms with Gasteiger partial charge in [-0.25, -0.2) is 0 Å². The third-order valence-corrected chi connectivity index (χ3v) is 16.2. The maximum Gasteiger partial charge on any atom is 0.0462 e. The van der Waals surface area contributed by atoms with E-state index in [1.54, 1.807) is 0 Å². The maximum atomic E-state index is 2.33. The molecule has 0 unspecified atom stereocenters. The molecule has 4 aromatic heterocycles. The Kier molecular flexibility index (Phi) is 11.1. The molecule has 0 saturated heterocycles. The van der Waals surface area contributed by atoms with Crippen LogP contribution in [0, 0.1) is 27.7 Å². The van der Waals surface area contributed by atoms with Crippen LogP contribution in [0.1, 0.15) is 22.3 Å². The van der Waals surface area contributed by atoms with Crippen molar-refractivity contribution in [2.45, 2.75) is 27.7 Å². The van der Waals surface area contributed by atoms with Crippen LogP contribution in [-0.4, -0.2) is 0 Å². The molecule has 0 spiro atoms. The lowest BCUT2D eigenvalue weighted by Gasteiger charge is -2.26. The van der Waals surface area contributed by atoms with Crippen molar-refractivity contribution in [2.24, 2.45) is 0 Å². The minimum absolute atomic E-state index is 1.14. The molecule has 302 valence electrons.